The summed E-state index contributed by atoms with van der Waals surface area (Å²) in [7, 11) is 0. The Morgan fingerprint density at radius 1 is 1.36 bits per heavy atom. The van der Waals surface area contributed by atoms with Gasteiger partial charge in [-0.05, 0) is 37.3 Å². The molecule has 1 aromatic carbocycles. The zero-order valence-corrected chi connectivity index (χ0v) is 15.3. The number of ether oxygens (including phenoxy) is 1. The molecule has 0 unspecified atom stereocenters. The molecule has 1 saturated heterocycles. The van der Waals surface area contributed by atoms with Crippen molar-refractivity contribution in [1.82, 2.24) is 19.9 Å². The van der Waals surface area contributed by atoms with Gasteiger partial charge in [0.2, 0.25) is 5.91 Å². The summed E-state index contributed by atoms with van der Waals surface area (Å²) in [4.78, 5) is 28.7. The number of aryl methyl sites for hydroxylation is 1. The van der Waals surface area contributed by atoms with E-state index in [1.165, 1.54) is 17.9 Å². The zero-order chi connectivity index (χ0) is 19.8. The summed E-state index contributed by atoms with van der Waals surface area (Å²) >= 11 is 0. The maximum absolute atomic E-state index is 14.8. The van der Waals surface area contributed by atoms with E-state index in [-0.39, 0.29) is 19.0 Å². The highest BCUT2D eigenvalue weighted by Gasteiger charge is 2.32. The molecular weight excluding hydrogens is 365 g/mol. The Morgan fingerprint density at radius 3 is 2.93 bits per heavy atom. The Hall–Kier alpha value is -3.49. The molecule has 0 radical (unpaired) electrons. The zero-order valence-electron chi connectivity index (χ0n) is 15.3. The minimum atomic E-state index is -0.568. The molecule has 28 heavy (non-hydrogen) atoms. The molecule has 1 aliphatic rings. The van der Waals surface area contributed by atoms with Crippen LogP contribution < -0.4 is 10.2 Å². The molecule has 1 aliphatic heterocycles. The number of halogens is 1. The Morgan fingerprint density at radius 2 is 2.18 bits per heavy atom. The Labute approximate surface area is 159 Å². The van der Waals surface area contributed by atoms with Gasteiger partial charge in [-0.25, -0.2) is 18.7 Å². The highest BCUT2D eigenvalue weighted by Crippen LogP contribution is 2.29. The molecule has 2 aromatic heterocycles. The summed E-state index contributed by atoms with van der Waals surface area (Å²) in [6.45, 7) is 3.63. The van der Waals surface area contributed by atoms with Crippen LogP contribution in [0.4, 0.5) is 14.9 Å². The van der Waals surface area contributed by atoms with Gasteiger partial charge in [0.1, 0.15) is 17.7 Å². The van der Waals surface area contributed by atoms with Gasteiger partial charge in [-0.15, -0.1) is 0 Å². The molecular formula is C19H18FN5O3. The van der Waals surface area contributed by atoms with E-state index in [0.29, 0.717) is 28.3 Å². The number of nitrogens with one attached hydrogen (secondary N) is 1. The van der Waals surface area contributed by atoms with Crippen LogP contribution in [0, 0.1) is 12.7 Å². The Kier molecular flexibility index (Phi) is 4.42. The fourth-order valence-corrected chi connectivity index (χ4v) is 3.16. The van der Waals surface area contributed by atoms with E-state index in [0.717, 1.165) is 0 Å². The lowest BCUT2D eigenvalue weighted by Crippen LogP contribution is -2.33. The third kappa shape index (κ3) is 3.38. The number of nitrogens with zero attached hydrogens (tertiary/aromatic N) is 4. The van der Waals surface area contributed by atoms with Crippen molar-refractivity contribution < 1.29 is 18.7 Å². The minimum absolute atomic E-state index is 0.204. The molecule has 3 aromatic rings. The summed E-state index contributed by atoms with van der Waals surface area (Å²) in [5.41, 5.74) is 2.12. The van der Waals surface area contributed by atoms with Gasteiger partial charge in [-0.3, -0.25) is 9.69 Å². The van der Waals surface area contributed by atoms with E-state index in [1.807, 2.05) is 0 Å². The highest BCUT2D eigenvalue weighted by molar-refractivity contribution is 5.90. The molecule has 2 amide bonds. The summed E-state index contributed by atoms with van der Waals surface area (Å²) in [5, 5.41) is 6.85. The van der Waals surface area contributed by atoms with Crippen LogP contribution in [0.15, 0.2) is 36.5 Å². The second-order valence-electron chi connectivity index (χ2n) is 6.60. The number of carbonyl (C=O) groups excluding carboxylic acids is 2. The maximum Gasteiger partial charge on any atom is 0.414 e. The maximum atomic E-state index is 14.8. The number of hydrogen-bond donors (Lipinski definition) is 1. The molecule has 1 fully saturated rings. The molecule has 1 atom stereocenters. The number of anilines is 1. The molecule has 1 N–H and O–H groups in total. The monoisotopic (exact) mass is 383 g/mol. The van der Waals surface area contributed by atoms with Crippen LogP contribution >= 0.6 is 0 Å². The van der Waals surface area contributed by atoms with E-state index in [1.54, 1.807) is 41.9 Å². The van der Waals surface area contributed by atoms with Crippen molar-refractivity contribution in [2.24, 2.45) is 0 Å². The van der Waals surface area contributed by atoms with Crippen molar-refractivity contribution in [2.75, 3.05) is 18.0 Å². The van der Waals surface area contributed by atoms with Gasteiger partial charge < -0.3 is 10.1 Å². The van der Waals surface area contributed by atoms with Crippen molar-refractivity contribution in [3.8, 4) is 11.1 Å². The molecule has 8 nitrogen and oxygen atoms in total. The van der Waals surface area contributed by atoms with Gasteiger partial charge in [0.25, 0.3) is 0 Å². The summed E-state index contributed by atoms with van der Waals surface area (Å²) in [6.07, 6.45) is 0.667. The molecule has 0 aliphatic carbocycles. The van der Waals surface area contributed by atoms with Crippen LogP contribution in [0.1, 0.15) is 12.7 Å². The number of amides is 2. The average Bonchev–Trinajstić information content (AvgIpc) is 3.20. The van der Waals surface area contributed by atoms with Crippen molar-refractivity contribution in [1.29, 1.82) is 0 Å². The average molecular weight is 383 g/mol. The van der Waals surface area contributed by atoms with E-state index < -0.39 is 18.0 Å². The lowest BCUT2D eigenvalue weighted by Gasteiger charge is -2.14. The fraction of sp³-hybridized carbons (Fsp3) is 0.263. The summed E-state index contributed by atoms with van der Waals surface area (Å²) < 4.78 is 21.6. The number of benzene rings is 1. The van der Waals surface area contributed by atoms with Crippen molar-refractivity contribution >= 4 is 23.3 Å². The second kappa shape index (κ2) is 6.91. The first-order valence-electron chi connectivity index (χ1n) is 8.76. The second-order valence-corrected chi connectivity index (χ2v) is 6.60. The molecule has 3 heterocycles. The standard InChI is InChI=1S/C19H18FN5O3/c1-11-22-18-6-3-13(9-25(18)23-11)16-5-4-14(7-17(16)20)24-10-15(28-19(24)27)8-21-12(2)26/h3-7,9,15H,8,10H2,1-2H3,(H,21,26)/t15-/m1/s1. The largest absolute Gasteiger partial charge is 0.442 e. The molecule has 144 valence electrons. The number of carbonyl (C=O) groups is 2. The first-order valence-corrected chi connectivity index (χ1v) is 8.76. The quantitative estimate of drug-likeness (QED) is 0.747. The lowest BCUT2D eigenvalue weighted by atomic mass is 10.1. The Bertz CT molecular complexity index is 1080. The van der Waals surface area contributed by atoms with Crippen LogP contribution in [-0.4, -0.2) is 45.8 Å². The Balaban J connectivity index is 1.57. The first-order chi connectivity index (χ1) is 13.4. The third-order valence-electron chi connectivity index (χ3n) is 4.46. The van der Waals surface area contributed by atoms with Crippen LogP contribution in [0.5, 0.6) is 0 Å². The van der Waals surface area contributed by atoms with Gasteiger partial charge in [-0.2, -0.15) is 5.10 Å². The van der Waals surface area contributed by atoms with Gasteiger partial charge in [0, 0.05) is 24.2 Å². The number of hydrogen-bond acceptors (Lipinski definition) is 5. The molecule has 4 rings (SSSR count). The highest BCUT2D eigenvalue weighted by atomic mass is 19.1. The van der Waals surface area contributed by atoms with Crippen molar-refractivity contribution in [3.63, 3.8) is 0 Å². The predicted octanol–water partition coefficient (Wildman–Crippen LogP) is 2.31. The lowest BCUT2D eigenvalue weighted by molar-refractivity contribution is -0.119. The topological polar surface area (TPSA) is 88.8 Å². The third-order valence-corrected chi connectivity index (χ3v) is 4.46. The van der Waals surface area contributed by atoms with Gasteiger partial charge in [-0.1, -0.05) is 0 Å². The van der Waals surface area contributed by atoms with Crippen LogP contribution in [-0.2, 0) is 9.53 Å². The van der Waals surface area contributed by atoms with Crippen molar-refractivity contribution in [3.05, 3.63) is 48.2 Å². The molecule has 0 spiro atoms. The van der Waals surface area contributed by atoms with Gasteiger partial charge in [0.05, 0.1) is 18.8 Å². The molecule has 0 saturated carbocycles. The molecule has 9 heteroatoms. The predicted molar refractivity (Wildman–Crippen MR) is 99.4 cm³/mol. The van der Waals surface area contributed by atoms with Gasteiger partial charge >= 0.3 is 6.09 Å². The van der Waals surface area contributed by atoms with Crippen LogP contribution in [0.2, 0.25) is 0 Å². The fourth-order valence-electron chi connectivity index (χ4n) is 3.16. The normalized spacial score (nSPS) is 16.5. The van der Waals surface area contributed by atoms with Gasteiger partial charge in [0.15, 0.2) is 5.65 Å². The van der Waals surface area contributed by atoms with Crippen LogP contribution in [0.3, 0.4) is 0 Å². The molecule has 0 bridgehead atoms. The van der Waals surface area contributed by atoms with E-state index in [2.05, 4.69) is 15.4 Å². The first kappa shape index (κ1) is 17.9. The summed E-state index contributed by atoms with van der Waals surface area (Å²) in [6, 6.07) is 8.12. The van der Waals surface area contributed by atoms with E-state index >= 15 is 0 Å². The smallest absolute Gasteiger partial charge is 0.414 e. The summed E-state index contributed by atoms with van der Waals surface area (Å²) in [5.74, 6) is -0.0365. The minimum Gasteiger partial charge on any atom is -0.442 e. The van der Waals surface area contributed by atoms with E-state index in [4.69, 9.17) is 4.74 Å². The van der Waals surface area contributed by atoms with Crippen molar-refractivity contribution in [2.45, 2.75) is 20.0 Å². The van der Waals surface area contributed by atoms with Crippen LogP contribution in [0.25, 0.3) is 16.8 Å². The van der Waals surface area contributed by atoms with E-state index in [9.17, 15) is 14.0 Å². The number of cyclic esters (lactones) is 1. The number of aromatic nitrogens is 3. The number of rotatable bonds is 4. The number of fused-ring (bicyclic) bond motifs is 1. The number of pyridine rings is 1. The SMILES string of the molecule is CC(=O)NC[C@@H]1CN(c2ccc(-c3ccc4nc(C)nn4c3)c(F)c2)C(=O)O1.